The molecule has 0 aliphatic carbocycles. The molecule has 1 aromatic rings. The van der Waals surface area contributed by atoms with Gasteiger partial charge in [0.2, 0.25) is 5.91 Å². The van der Waals surface area contributed by atoms with Crippen LogP contribution in [0.2, 0.25) is 0 Å². The fourth-order valence-corrected chi connectivity index (χ4v) is 2.93. The molecule has 0 bridgehead atoms. The van der Waals surface area contributed by atoms with Crippen molar-refractivity contribution in [1.82, 2.24) is 10.2 Å². The van der Waals surface area contributed by atoms with Crippen LogP contribution in [-0.2, 0) is 16.1 Å². The first-order valence-corrected chi connectivity index (χ1v) is 7.04. The van der Waals surface area contributed by atoms with Crippen LogP contribution in [-0.4, -0.2) is 42.6 Å². The minimum atomic E-state index is -0.253. The molecule has 5 heteroatoms. The van der Waals surface area contributed by atoms with Crippen molar-refractivity contribution < 1.29 is 13.9 Å². The van der Waals surface area contributed by atoms with E-state index in [0.717, 1.165) is 31.5 Å². The molecule has 1 N–H and O–H groups in total. The Morgan fingerprint density at radius 1 is 1.25 bits per heavy atom. The van der Waals surface area contributed by atoms with Gasteiger partial charge in [0, 0.05) is 6.54 Å². The highest BCUT2D eigenvalue weighted by atomic mass is 19.1. The number of nitrogens with one attached hydrogen (secondary N) is 1. The lowest BCUT2D eigenvalue weighted by Crippen LogP contribution is -2.57. The summed E-state index contributed by atoms with van der Waals surface area (Å²) in [4.78, 5) is 13.8. The molecule has 2 aliphatic heterocycles. The summed E-state index contributed by atoms with van der Waals surface area (Å²) in [5, 5.41) is 3.31. The van der Waals surface area contributed by atoms with Crippen LogP contribution in [0, 0.1) is 5.82 Å². The number of hydrogen-bond acceptors (Lipinski definition) is 3. The Balaban J connectivity index is 1.70. The highest BCUT2D eigenvalue weighted by Crippen LogP contribution is 2.28. The Kier molecular flexibility index (Phi) is 3.72. The average Bonchev–Trinajstić information content (AvgIpc) is 2.47. The molecule has 4 nitrogen and oxygen atoms in total. The van der Waals surface area contributed by atoms with Crippen molar-refractivity contribution in [1.29, 1.82) is 0 Å². The largest absolute Gasteiger partial charge is 0.363 e. The van der Waals surface area contributed by atoms with Gasteiger partial charge in [-0.15, -0.1) is 0 Å². The van der Waals surface area contributed by atoms with Crippen LogP contribution in [0.4, 0.5) is 4.39 Å². The van der Waals surface area contributed by atoms with Crippen molar-refractivity contribution in [3.63, 3.8) is 0 Å². The molecule has 0 saturated carbocycles. The predicted octanol–water partition coefficient (Wildman–Crippen LogP) is 1.31. The number of carbonyl (C=O) groups is 1. The first-order chi connectivity index (χ1) is 9.67. The normalized spacial score (nSPS) is 22.2. The first kappa shape index (κ1) is 13.5. The molecule has 2 fully saturated rings. The Morgan fingerprint density at radius 2 is 1.95 bits per heavy atom. The van der Waals surface area contributed by atoms with Gasteiger partial charge < -0.3 is 15.0 Å². The van der Waals surface area contributed by atoms with Gasteiger partial charge in [-0.2, -0.15) is 0 Å². The number of halogens is 1. The van der Waals surface area contributed by atoms with Crippen LogP contribution >= 0.6 is 0 Å². The number of amides is 1. The minimum absolute atomic E-state index is 0.0125. The molecular weight excluding hydrogens is 259 g/mol. The topological polar surface area (TPSA) is 41.6 Å². The van der Waals surface area contributed by atoms with Gasteiger partial charge in [-0.25, -0.2) is 4.39 Å². The fraction of sp³-hybridized carbons (Fsp3) is 0.533. The van der Waals surface area contributed by atoms with Crippen LogP contribution in [0.3, 0.4) is 0 Å². The van der Waals surface area contributed by atoms with Crippen molar-refractivity contribution in [3.8, 4) is 0 Å². The summed E-state index contributed by atoms with van der Waals surface area (Å²) >= 11 is 0. The van der Waals surface area contributed by atoms with E-state index in [1.807, 2.05) is 4.90 Å². The molecule has 1 amide bonds. The Bertz CT molecular complexity index is 483. The second-order valence-electron chi connectivity index (χ2n) is 5.60. The number of piperidine rings is 1. The first-order valence-electron chi connectivity index (χ1n) is 7.04. The van der Waals surface area contributed by atoms with E-state index >= 15 is 0 Å². The van der Waals surface area contributed by atoms with Gasteiger partial charge in [0.25, 0.3) is 0 Å². The van der Waals surface area contributed by atoms with E-state index in [4.69, 9.17) is 4.74 Å². The standard InChI is InChI=1S/C15H19FN2O2/c16-13-3-1-12(2-4-13)9-18-11-15(20-10-14(18)19)5-7-17-8-6-15/h1-4,17H,5-11H2. The SMILES string of the molecule is O=C1COC2(CCNCC2)CN1Cc1ccc(F)cc1. The summed E-state index contributed by atoms with van der Waals surface area (Å²) in [6.45, 7) is 3.17. The van der Waals surface area contributed by atoms with E-state index in [-0.39, 0.29) is 23.9 Å². The molecule has 2 aliphatic rings. The summed E-state index contributed by atoms with van der Waals surface area (Å²) in [7, 11) is 0. The number of nitrogens with zero attached hydrogens (tertiary/aromatic N) is 1. The van der Waals surface area contributed by atoms with E-state index in [2.05, 4.69) is 5.32 Å². The van der Waals surface area contributed by atoms with Gasteiger partial charge >= 0.3 is 0 Å². The maximum absolute atomic E-state index is 12.9. The summed E-state index contributed by atoms with van der Waals surface area (Å²) in [6.07, 6.45) is 1.86. The molecule has 0 unspecified atom stereocenters. The molecule has 0 atom stereocenters. The maximum Gasteiger partial charge on any atom is 0.248 e. The average molecular weight is 278 g/mol. The number of benzene rings is 1. The number of ether oxygens (including phenoxy) is 1. The van der Waals surface area contributed by atoms with Crippen molar-refractivity contribution in [2.24, 2.45) is 0 Å². The summed E-state index contributed by atoms with van der Waals surface area (Å²) in [5.74, 6) is -0.240. The molecule has 20 heavy (non-hydrogen) atoms. The summed E-state index contributed by atoms with van der Waals surface area (Å²) in [5.41, 5.74) is 0.755. The van der Waals surface area contributed by atoms with Gasteiger partial charge in [-0.1, -0.05) is 12.1 Å². The molecule has 108 valence electrons. The van der Waals surface area contributed by atoms with Gasteiger partial charge in [-0.05, 0) is 43.6 Å². The van der Waals surface area contributed by atoms with Crippen LogP contribution < -0.4 is 5.32 Å². The van der Waals surface area contributed by atoms with Gasteiger partial charge in [0.1, 0.15) is 12.4 Å². The van der Waals surface area contributed by atoms with E-state index in [1.54, 1.807) is 12.1 Å². The van der Waals surface area contributed by atoms with Crippen molar-refractivity contribution in [3.05, 3.63) is 35.6 Å². The van der Waals surface area contributed by atoms with E-state index in [0.29, 0.717) is 13.1 Å². The van der Waals surface area contributed by atoms with Crippen LogP contribution in [0.25, 0.3) is 0 Å². The highest BCUT2D eigenvalue weighted by molar-refractivity contribution is 5.78. The molecule has 2 heterocycles. The zero-order valence-corrected chi connectivity index (χ0v) is 11.4. The van der Waals surface area contributed by atoms with Crippen LogP contribution in [0.1, 0.15) is 18.4 Å². The third-order valence-corrected chi connectivity index (χ3v) is 4.14. The van der Waals surface area contributed by atoms with E-state index in [1.165, 1.54) is 12.1 Å². The Hall–Kier alpha value is -1.46. The third kappa shape index (κ3) is 2.83. The highest BCUT2D eigenvalue weighted by Gasteiger charge is 2.40. The molecule has 0 aromatic heterocycles. The second-order valence-corrected chi connectivity index (χ2v) is 5.60. The Labute approximate surface area is 117 Å². The second kappa shape index (κ2) is 5.50. The van der Waals surface area contributed by atoms with E-state index < -0.39 is 0 Å². The number of carbonyl (C=O) groups excluding carboxylic acids is 1. The summed E-state index contributed by atoms with van der Waals surface area (Å²) < 4.78 is 18.7. The molecule has 2 saturated heterocycles. The minimum Gasteiger partial charge on any atom is -0.363 e. The fourth-order valence-electron chi connectivity index (χ4n) is 2.93. The lowest BCUT2D eigenvalue weighted by atomic mass is 9.90. The predicted molar refractivity (Wildman–Crippen MR) is 72.6 cm³/mol. The molecule has 1 aromatic carbocycles. The quantitative estimate of drug-likeness (QED) is 0.887. The van der Waals surface area contributed by atoms with Crippen molar-refractivity contribution in [2.75, 3.05) is 26.2 Å². The number of morpholine rings is 1. The molecule has 1 spiro atoms. The Morgan fingerprint density at radius 3 is 2.65 bits per heavy atom. The monoisotopic (exact) mass is 278 g/mol. The lowest BCUT2D eigenvalue weighted by Gasteiger charge is -2.44. The summed E-state index contributed by atoms with van der Waals surface area (Å²) in [6, 6.07) is 6.32. The zero-order chi connectivity index (χ0) is 14.0. The molecule has 0 radical (unpaired) electrons. The maximum atomic E-state index is 12.9. The van der Waals surface area contributed by atoms with E-state index in [9.17, 15) is 9.18 Å². The molecule has 3 rings (SSSR count). The third-order valence-electron chi connectivity index (χ3n) is 4.14. The van der Waals surface area contributed by atoms with Crippen molar-refractivity contribution >= 4 is 5.91 Å². The number of hydrogen-bond donors (Lipinski definition) is 1. The zero-order valence-electron chi connectivity index (χ0n) is 11.4. The molecular formula is C15H19FN2O2. The van der Waals surface area contributed by atoms with Gasteiger partial charge in [0.15, 0.2) is 0 Å². The van der Waals surface area contributed by atoms with Crippen molar-refractivity contribution in [2.45, 2.75) is 25.0 Å². The van der Waals surface area contributed by atoms with Crippen LogP contribution in [0.15, 0.2) is 24.3 Å². The van der Waals surface area contributed by atoms with Crippen LogP contribution in [0.5, 0.6) is 0 Å². The lowest BCUT2D eigenvalue weighted by molar-refractivity contribution is -0.168. The smallest absolute Gasteiger partial charge is 0.248 e. The van der Waals surface area contributed by atoms with Gasteiger partial charge in [-0.3, -0.25) is 4.79 Å². The number of rotatable bonds is 2. The van der Waals surface area contributed by atoms with Gasteiger partial charge in [0.05, 0.1) is 12.1 Å².